The van der Waals surface area contributed by atoms with Crippen LogP contribution in [0.5, 0.6) is 0 Å². The molecule has 3 unspecified atom stereocenters. The molecule has 7 nitrogen and oxygen atoms in total. The highest BCUT2D eigenvalue weighted by Crippen LogP contribution is 2.40. The highest BCUT2D eigenvalue weighted by molar-refractivity contribution is 5.84. The lowest BCUT2D eigenvalue weighted by molar-refractivity contribution is -0.143. The maximum atomic E-state index is 13.6. The number of nitrogens with zero attached hydrogens (tertiary/aromatic N) is 1. The van der Waals surface area contributed by atoms with E-state index in [0.29, 0.717) is 50.8 Å². The van der Waals surface area contributed by atoms with E-state index in [0.717, 1.165) is 5.56 Å². The fourth-order valence-electron chi connectivity index (χ4n) is 6.09. The SMILES string of the molecule is CC(=O)NCC(=O)N[C@H]1CC[C@H](C(=O)N2CCC(OC(C)c3cc(C(F)(F)F)cc(C(F)(F)F)c3)C(c3ccccc3)C2)CC1. The van der Waals surface area contributed by atoms with Gasteiger partial charge in [0.2, 0.25) is 17.7 Å². The number of alkyl halides is 6. The van der Waals surface area contributed by atoms with E-state index in [1.54, 1.807) is 4.90 Å². The summed E-state index contributed by atoms with van der Waals surface area (Å²) in [5, 5.41) is 5.33. The minimum absolute atomic E-state index is 0.0295. The number of rotatable bonds is 8. The Morgan fingerprint density at radius 2 is 1.51 bits per heavy atom. The Morgan fingerprint density at radius 3 is 2.07 bits per heavy atom. The topological polar surface area (TPSA) is 87.7 Å². The Labute approximate surface area is 257 Å². The molecule has 3 amide bonds. The molecule has 0 radical (unpaired) electrons. The van der Waals surface area contributed by atoms with Gasteiger partial charge in [0.1, 0.15) is 0 Å². The van der Waals surface area contributed by atoms with Crippen LogP contribution in [0.2, 0.25) is 0 Å². The minimum atomic E-state index is -4.97. The van der Waals surface area contributed by atoms with Crippen LogP contribution in [0.4, 0.5) is 26.3 Å². The zero-order valence-electron chi connectivity index (χ0n) is 25.0. The third-order valence-corrected chi connectivity index (χ3v) is 8.49. The number of halogens is 6. The lowest BCUT2D eigenvalue weighted by atomic mass is 9.83. The zero-order chi connectivity index (χ0) is 32.9. The van der Waals surface area contributed by atoms with Crippen LogP contribution in [0.3, 0.4) is 0 Å². The molecule has 1 saturated heterocycles. The van der Waals surface area contributed by atoms with E-state index in [1.807, 2.05) is 30.3 Å². The van der Waals surface area contributed by atoms with Gasteiger partial charge in [-0.3, -0.25) is 14.4 Å². The molecule has 1 heterocycles. The second-order valence-corrected chi connectivity index (χ2v) is 11.8. The third kappa shape index (κ3) is 9.21. The highest BCUT2D eigenvalue weighted by Gasteiger charge is 2.40. The van der Waals surface area contributed by atoms with Crippen LogP contribution < -0.4 is 10.6 Å². The van der Waals surface area contributed by atoms with Gasteiger partial charge in [0.15, 0.2) is 0 Å². The quantitative estimate of drug-likeness (QED) is 0.347. The molecule has 13 heteroatoms. The van der Waals surface area contributed by atoms with E-state index in [2.05, 4.69) is 10.6 Å². The predicted molar refractivity (Wildman–Crippen MR) is 153 cm³/mol. The lowest BCUT2D eigenvalue weighted by Gasteiger charge is -2.42. The summed E-state index contributed by atoms with van der Waals surface area (Å²) in [7, 11) is 0. The molecule has 1 saturated carbocycles. The molecule has 3 atom stereocenters. The standard InChI is InChI=1S/C32H37F6N3O4/c1-19(23-14-24(31(33,34)35)16-25(15-23)32(36,37)38)45-28-12-13-41(18-27(28)21-6-4-3-5-7-21)30(44)22-8-10-26(11-9-22)40-29(43)17-39-20(2)42/h3-7,14-16,19,22,26-28H,8-13,17-18H2,1-2H3,(H,39,42)(H,40,43)/t19?,22-,26-,27?,28?. The molecule has 0 bridgehead atoms. The molecule has 2 aromatic rings. The van der Waals surface area contributed by atoms with Gasteiger partial charge in [0.05, 0.1) is 29.9 Å². The average molecular weight is 642 g/mol. The van der Waals surface area contributed by atoms with Crippen molar-refractivity contribution in [2.24, 2.45) is 5.92 Å². The van der Waals surface area contributed by atoms with Crippen LogP contribution in [-0.2, 0) is 31.5 Å². The highest BCUT2D eigenvalue weighted by atomic mass is 19.4. The summed E-state index contributed by atoms with van der Waals surface area (Å²) in [6.07, 6.45) is -8.87. The van der Waals surface area contributed by atoms with Gasteiger partial charge in [-0.2, -0.15) is 26.3 Å². The van der Waals surface area contributed by atoms with Gasteiger partial charge in [0, 0.05) is 37.9 Å². The van der Waals surface area contributed by atoms with E-state index in [1.165, 1.54) is 13.8 Å². The fraction of sp³-hybridized carbons (Fsp3) is 0.531. The Hall–Kier alpha value is -3.61. The number of hydrogen-bond donors (Lipinski definition) is 2. The molecule has 246 valence electrons. The van der Waals surface area contributed by atoms with Crippen LogP contribution in [-0.4, -0.2) is 54.4 Å². The van der Waals surface area contributed by atoms with Gasteiger partial charge in [-0.15, -0.1) is 0 Å². The first-order valence-corrected chi connectivity index (χ1v) is 14.9. The third-order valence-electron chi connectivity index (χ3n) is 8.49. The van der Waals surface area contributed by atoms with Crippen molar-refractivity contribution in [1.29, 1.82) is 0 Å². The monoisotopic (exact) mass is 641 g/mol. The summed E-state index contributed by atoms with van der Waals surface area (Å²) in [5.74, 6) is -1.22. The van der Waals surface area contributed by atoms with Crippen LogP contribution >= 0.6 is 0 Å². The van der Waals surface area contributed by atoms with E-state index < -0.39 is 35.7 Å². The van der Waals surface area contributed by atoms with Crippen molar-refractivity contribution >= 4 is 17.7 Å². The Morgan fingerprint density at radius 1 is 0.911 bits per heavy atom. The van der Waals surface area contributed by atoms with Crippen LogP contribution in [0.25, 0.3) is 0 Å². The summed E-state index contributed by atoms with van der Waals surface area (Å²) < 4.78 is 87.0. The van der Waals surface area contributed by atoms with Gasteiger partial charge >= 0.3 is 12.4 Å². The molecule has 45 heavy (non-hydrogen) atoms. The first-order valence-electron chi connectivity index (χ1n) is 14.9. The average Bonchev–Trinajstić information content (AvgIpc) is 2.99. The Bertz CT molecular complexity index is 1310. The predicted octanol–water partition coefficient (Wildman–Crippen LogP) is 6.00. The first-order chi connectivity index (χ1) is 21.1. The van der Waals surface area contributed by atoms with Crippen molar-refractivity contribution < 1.29 is 45.5 Å². The van der Waals surface area contributed by atoms with Crippen molar-refractivity contribution in [3.05, 3.63) is 70.8 Å². The van der Waals surface area contributed by atoms with Crippen molar-refractivity contribution in [1.82, 2.24) is 15.5 Å². The second kappa shape index (κ2) is 14.2. The number of ether oxygens (including phenoxy) is 1. The molecule has 2 N–H and O–H groups in total. The molecule has 2 aromatic carbocycles. The number of likely N-dealkylation sites (tertiary alicyclic amines) is 1. The number of hydrogen-bond acceptors (Lipinski definition) is 4. The summed E-state index contributed by atoms with van der Waals surface area (Å²) in [6, 6.07) is 10.6. The van der Waals surface area contributed by atoms with Gasteiger partial charge in [-0.25, -0.2) is 0 Å². The smallest absolute Gasteiger partial charge is 0.370 e. The molecule has 4 rings (SSSR count). The molecule has 0 aromatic heterocycles. The van der Waals surface area contributed by atoms with Crippen LogP contribution in [0, 0.1) is 5.92 Å². The van der Waals surface area contributed by atoms with E-state index >= 15 is 0 Å². The molecule has 1 aliphatic carbocycles. The molecule has 2 fully saturated rings. The van der Waals surface area contributed by atoms with Crippen molar-refractivity contribution in [2.45, 2.75) is 82.5 Å². The number of nitrogens with one attached hydrogen (secondary N) is 2. The molecule has 0 spiro atoms. The number of benzene rings is 2. The lowest BCUT2D eigenvalue weighted by Crippen LogP contribution is -2.49. The van der Waals surface area contributed by atoms with Crippen LogP contribution in [0.1, 0.15) is 80.2 Å². The van der Waals surface area contributed by atoms with Crippen molar-refractivity contribution in [3.8, 4) is 0 Å². The van der Waals surface area contributed by atoms with E-state index in [9.17, 15) is 40.7 Å². The Balaban J connectivity index is 1.44. The zero-order valence-corrected chi connectivity index (χ0v) is 25.0. The molecule has 2 aliphatic rings. The number of carbonyl (C=O) groups is 3. The number of carbonyl (C=O) groups excluding carboxylic acids is 3. The summed E-state index contributed by atoms with van der Waals surface area (Å²) >= 11 is 0. The Kier molecular flexibility index (Phi) is 10.8. The largest absolute Gasteiger partial charge is 0.416 e. The molecule has 1 aliphatic heterocycles. The minimum Gasteiger partial charge on any atom is -0.370 e. The second-order valence-electron chi connectivity index (χ2n) is 11.8. The molecular weight excluding hydrogens is 604 g/mol. The normalized spacial score (nSPS) is 23.2. The van der Waals surface area contributed by atoms with E-state index in [-0.39, 0.29) is 60.3 Å². The van der Waals surface area contributed by atoms with Crippen molar-refractivity contribution in [3.63, 3.8) is 0 Å². The number of amides is 3. The maximum Gasteiger partial charge on any atom is 0.416 e. The van der Waals surface area contributed by atoms with Gasteiger partial charge in [0.25, 0.3) is 0 Å². The van der Waals surface area contributed by atoms with Gasteiger partial charge in [-0.05, 0) is 68.4 Å². The summed E-state index contributed by atoms with van der Waals surface area (Å²) in [4.78, 5) is 38.4. The van der Waals surface area contributed by atoms with Gasteiger partial charge in [-0.1, -0.05) is 30.3 Å². The summed E-state index contributed by atoms with van der Waals surface area (Å²) in [6.45, 7) is 3.25. The maximum absolute atomic E-state index is 13.6. The fourth-order valence-corrected chi connectivity index (χ4v) is 6.09. The first kappa shape index (κ1) is 34.3. The molecular formula is C32H37F6N3O4. The van der Waals surface area contributed by atoms with Crippen molar-refractivity contribution in [2.75, 3.05) is 19.6 Å². The van der Waals surface area contributed by atoms with Crippen LogP contribution in [0.15, 0.2) is 48.5 Å². The van der Waals surface area contributed by atoms with E-state index in [4.69, 9.17) is 4.74 Å². The summed E-state index contributed by atoms with van der Waals surface area (Å²) in [5.41, 5.74) is -2.18. The van der Waals surface area contributed by atoms with Gasteiger partial charge < -0.3 is 20.3 Å². The number of piperidine rings is 1.